The summed E-state index contributed by atoms with van der Waals surface area (Å²) in [6.45, 7) is 2.81. The molecule has 1 aliphatic heterocycles. The third-order valence-electron chi connectivity index (χ3n) is 5.22. The lowest BCUT2D eigenvalue weighted by atomic mass is 10.1. The van der Waals surface area contributed by atoms with E-state index in [2.05, 4.69) is 49.5 Å². The van der Waals surface area contributed by atoms with Crippen LogP contribution in [0.25, 0.3) is 0 Å². The molecule has 0 saturated carbocycles. The molecule has 168 valence electrons. The van der Waals surface area contributed by atoms with Crippen molar-refractivity contribution in [3.63, 3.8) is 0 Å². The normalized spacial score (nSPS) is 17.6. The highest BCUT2D eigenvalue weighted by molar-refractivity contribution is 5.79. The van der Waals surface area contributed by atoms with Crippen molar-refractivity contribution in [1.29, 1.82) is 0 Å². The van der Waals surface area contributed by atoms with Gasteiger partial charge in [0, 0.05) is 31.9 Å². The van der Waals surface area contributed by atoms with Gasteiger partial charge < -0.3 is 25.4 Å². The van der Waals surface area contributed by atoms with E-state index < -0.39 is 12.7 Å². The fourth-order valence-electron chi connectivity index (χ4n) is 3.61. The molecule has 0 aromatic heterocycles. The largest absolute Gasteiger partial charge is 0.435 e. The number of benzene rings is 2. The zero-order chi connectivity index (χ0) is 22.1. The van der Waals surface area contributed by atoms with Crippen LogP contribution in [0.15, 0.2) is 59.6 Å². The van der Waals surface area contributed by atoms with Crippen LogP contribution in [0.5, 0.6) is 5.75 Å². The summed E-state index contributed by atoms with van der Waals surface area (Å²) < 4.78 is 28.8. The van der Waals surface area contributed by atoms with Crippen molar-refractivity contribution >= 4 is 11.6 Å². The van der Waals surface area contributed by atoms with Gasteiger partial charge in [0.15, 0.2) is 5.96 Å². The molecule has 0 bridgehead atoms. The number of hydrogen-bond acceptors (Lipinski definition) is 4. The lowest BCUT2D eigenvalue weighted by Crippen LogP contribution is -2.40. The second kappa shape index (κ2) is 11.5. The quantitative estimate of drug-likeness (QED) is 0.419. The topological polar surface area (TPSA) is 69.1 Å². The van der Waals surface area contributed by atoms with E-state index in [0.29, 0.717) is 24.0 Å². The SMILES string of the molecule is CCNC(=NCC(O)c1ccc(OC(F)F)cc1)NCC1CCN(c2ccccc2)C1. The molecule has 6 nitrogen and oxygen atoms in total. The van der Waals surface area contributed by atoms with Crippen molar-refractivity contribution in [3.05, 3.63) is 60.2 Å². The Bertz CT molecular complexity index is 818. The summed E-state index contributed by atoms with van der Waals surface area (Å²) in [5.74, 6) is 1.22. The average Bonchev–Trinajstić information content (AvgIpc) is 3.25. The Hall–Kier alpha value is -2.87. The Labute approximate surface area is 181 Å². The van der Waals surface area contributed by atoms with E-state index in [1.807, 2.05) is 13.0 Å². The monoisotopic (exact) mass is 432 g/mol. The number of nitrogens with zero attached hydrogens (tertiary/aromatic N) is 2. The zero-order valence-electron chi connectivity index (χ0n) is 17.7. The van der Waals surface area contributed by atoms with E-state index in [-0.39, 0.29) is 12.3 Å². The first-order valence-electron chi connectivity index (χ1n) is 10.6. The molecule has 0 aliphatic carbocycles. The lowest BCUT2D eigenvalue weighted by Gasteiger charge is -2.19. The number of alkyl halides is 2. The van der Waals surface area contributed by atoms with Gasteiger partial charge in [-0.1, -0.05) is 30.3 Å². The fraction of sp³-hybridized carbons (Fsp3) is 0.435. The summed E-state index contributed by atoms with van der Waals surface area (Å²) in [7, 11) is 0. The molecule has 3 rings (SSSR count). The number of para-hydroxylation sites is 1. The summed E-state index contributed by atoms with van der Waals surface area (Å²) in [5, 5.41) is 17.0. The molecule has 3 N–H and O–H groups in total. The molecule has 2 aromatic rings. The highest BCUT2D eigenvalue weighted by Gasteiger charge is 2.22. The van der Waals surface area contributed by atoms with Gasteiger partial charge in [-0.25, -0.2) is 0 Å². The number of nitrogens with one attached hydrogen (secondary N) is 2. The molecule has 1 fully saturated rings. The lowest BCUT2D eigenvalue weighted by molar-refractivity contribution is -0.0498. The highest BCUT2D eigenvalue weighted by atomic mass is 19.3. The van der Waals surface area contributed by atoms with Gasteiger partial charge in [-0.2, -0.15) is 8.78 Å². The number of hydrogen-bond donors (Lipinski definition) is 3. The summed E-state index contributed by atoms with van der Waals surface area (Å²) in [6.07, 6.45) is 0.271. The maximum Gasteiger partial charge on any atom is 0.387 e. The van der Waals surface area contributed by atoms with Crippen molar-refractivity contribution in [1.82, 2.24) is 10.6 Å². The van der Waals surface area contributed by atoms with E-state index >= 15 is 0 Å². The molecule has 2 unspecified atom stereocenters. The summed E-state index contributed by atoms with van der Waals surface area (Å²) in [6, 6.07) is 16.4. The van der Waals surface area contributed by atoms with Crippen molar-refractivity contribution in [2.45, 2.75) is 26.1 Å². The molecular formula is C23H30F2N4O2. The minimum absolute atomic E-state index is 0.0607. The molecule has 1 heterocycles. The van der Waals surface area contributed by atoms with Crippen LogP contribution in [0.4, 0.5) is 14.5 Å². The van der Waals surface area contributed by atoms with Crippen molar-refractivity contribution in [2.75, 3.05) is 37.6 Å². The first-order chi connectivity index (χ1) is 15.0. The van der Waals surface area contributed by atoms with Crippen molar-refractivity contribution < 1.29 is 18.6 Å². The Morgan fingerprint density at radius 2 is 1.90 bits per heavy atom. The number of guanidine groups is 1. The van der Waals surface area contributed by atoms with Crippen LogP contribution < -0.4 is 20.3 Å². The van der Waals surface area contributed by atoms with E-state index in [1.54, 1.807) is 12.1 Å². The molecule has 2 atom stereocenters. The van der Waals surface area contributed by atoms with Gasteiger partial charge in [-0.05, 0) is 49.1 Å². The smallest absolute Gasteiger partial charge is 0.387 e. The second-order valence-corrected chi connectivity index (χ2v) is 7.50. The Morgan fingerprint density at radius 3 is 2.58 bits per heavy atom. The van der Waals surface area contributed by atoms with Gasteiger partial charge in [0.2, 0.25) is 0 Å². The average molecular weight is 433 g/mol. The number of aliphatic hydroxyl groups is 1. The third kappa shape index (κ3) is 7.10. The molecule has 2 aromatic carbocycles. The zero-order valence-corrected chi connectivity index (χ0v) is 17.7. The first-order valence-corrected chi connectivity index (χ1v) is 10.6. The van der Waals surface area contributed by atoms with Gasteiger partial charge in [0.1, 0.15) is 5.75 Å². The third-order valence-corrected chi connectivity index (χ3v) is 5.22. The van der Waals surface area contributed by atoms with E-state index in [0.717, 1.165) is 26.1 Å². The van der Waals surface area contributed by atoms with Crippen LogP contribution >= 0.6 is 0 Å². The summed E-state index contributed by atoms with van der Waals surface area (Å²) in [4.78, 5) is 6.87. The van der Waals surface area contributed by atoms with Crippen LogP contribution in [-0.2, 0) is 0 Å². The highest BCUT2D eigenvalue weighted by Crippen LogP contribution is 2.23. The van der Waals surface area contributed by atoms with Crippen LogP contribution in [0, 0.1) is 5.92 Å². The predicted molar refractivity (Wildman–Crippen MR) is 119 cm³/mol. The molecule has 0 radical (unpaired) electrons. The summed E-state index contributed by atoms with van der Waals surface area (Å²) in [5.41, 5.74) is 1.84. The number of ether oxygens (including phenoxy) is 1. The van der Waals surface area contributed by atoms with Crippen LogP contribution in [0.2, 0.25) is 0 Å². The van der Waals surface area contributed by atoms with Gasteiger partial charge in [-0.15, -0.1) is 0 Å². The van der Waals surface area contributed by atoms with E-state index in [9.17, 15) is 13.9 Å². The minimum atomic E-state index is -2.87. The van der Waals surface area contributed by atoms with Crippen LogP contribution in [-0.4, -0.2) is 50.4 Å². The summed E-state index contributed by atoms with van der Waals surface area (Å²) >= 11 is 0. The molecule has 0 spiro atoms. The molecule has 1 aliphatic rings. The molecule has 31 heavy (non-hydrogen) atoms. The number of rotatable bonds is 9. The van der Waals surface area contributed by atoms with Crippen LogP contribution in [0.1, 0.15) is 25.0 Å². The predicted octanol–water partition coefficient (Wildman–Crippen LogP) is 3.40. The Morgan fingerprint density at radius 1 is 1.16 bits per heavy atom. The Balaban J connectivity index is 1.49. The standard InChI is InChI=1S/C23H30F2N4O2/c1-2-26-23(27-14-17-12-13-29(16-17)19-6-4-3-5-7-19)28-15-21(30)18-8-10-20(11-9-18)31-22(24)25/h3-11,17,21-22,30H,2,12-16H2,1H3,(H2,26,27,28). The van der Waals surface area contributed by atoms with Crippen molar-refractivity contribution in [2.24, 2.45) is 10.9 Å². The number of halogens is 2. The van der Waals surface area contributed by atoms with Gasteiger partial charge in [0.05, 0.1) is 12.6 Å². The molecule has 0 amide bonds. The van der Waals surface area contributed by atoms with Gasteiger partial charge >= 0.3 is 6.61 Å². The van der Waals surface area contributed by atoms with Crippen LogP contribution in [0.3, 0.4) is 0 Å². The second-order valence-electron chi connectivity index (χ2n) is 7.50. The fourth-order valence-corrected chi connectivity index (χ4v) is 3.61. The number of anilines is 1. The maximum absolute atomic E-state index is 12.2. The minimum Gasteiger partial charge on any atom is -0.435 e. The first kappa shape index (κ1) is 22.8. The van der Waals surface area contributed by atoms with Gasteiger partial charge in [0.25, 0.3) is 0 Å². The van der Waals surface area contributed by atoms with E-state index in [1.165, 1.54) is 17.8 Å². The Kier molecular flexibility index (Phi) is 8.46. The number of aliphatic hydroxyl groups excluding tert-OH is 1. The van der Waals surface area contributed by atoms with E-state index in [4.69, 9.17) is 0 Å². The van der Waals surface area contributed by atoms with Crippen molar-refractivity contribution in [3.8, 4) is 5.75 Å². The maximum atomic E-state index is 12.2. The molecule has 8 heteroatoms. The van der Waals surface area contributed by atoms with Gasteiger partial charge in [-0.3, -0.25) is 4.99 Å². The molecular weight excluding hydrogens is 402 g/mol. The number of aliphatic imine (C=N–C) groups is 1. The molecule has 1 saturated heterocycles.